The van der Waals surface area contributed by atoms with E-state index in [1.807, 2.05) is 6.92 Å². The molecule has 2 rings (SSSR count). The Morgan fingerprint density at radius 3 is 1.93 bits per heavy atom. The Hall–Kier alpha value is -1.33. The third kappa shape index (κ3) is 4.62. The van der Waals surface area contributed by atoms with Crippen molar-refractivity contribution in [2.45, 2.75) is 70.5 Å². The van der Waals surface area contributed by atoms with Crippen LogP contribution in [0.15, 0.2) is 18.2 Å². The van der Waals surface area contributed by atoms with E-state index in [1.54, 1.807) is 6.92 Å². The van der Waals surface area contributed by atoms with Crippen molar-refractivity contribution in [2.24, 2.45) is 0 Å². The molecule has 0 bridgehead atoms. The lowest BCUT2D eigenvalue weighted by molar-refractivity contribution is -0.143. The molecule has 1 aromatic rings. The van der Waals surface area contributed by atoms with E-state index < -0.39 is 51.8 Å². The Labute approximate surface area is 160 Å². The second-order valence-corrected chi connectivity index (χ2v) is 8.47. The molecule has 3 atom stereocenters. The lowest BCUT2D eigenvalue weighted by atomic mass is 9.95. The molecule has 0 amide bonds. The summed E-state index contributed by atoms with van der Waals surface area (Å²) in [7, 11) is -4.04. The lowest BCUT2D eigenvalue weighted by Gasteiger charge is -2.29. The second-order valence-electron chi connectivity index (χ2n) is 6.86. The molecule has 0 aliphatic carbocycles. The molecule has 1 heterocycles. The Morgan fingerprint density at radius 1 is 1.04 bits per heavy atom. The van der Waals surface area contributed by atoms with Crippen molar-refractivity contribution < 1.29 is 34.8 Å². The van der Waals surface area contributed by atoms with Crippen LogP contribution in [0.3, 0.4) is 0 Å². The maximum Gasteiger partial charge on any atom is 0.416 e. The zero-order valence-electron chi connectivity index (χ0n) is 15.5. The van der Waals surface area contributed by atoms with Gasteiger partial charge in [-0.3, -0.25) is 0 Å². The van der Waals surface area contributed by atoms with Crippen LogP contribution in [0.25, 0.3) is 0 Å². The Morgan fingerprint density at radius 2 is 1.54 bits per heavy atom. The summed E-state index contributed by atoms with van der Waals surface area (Å²) in [5.41, 5.74) is -3.31. The molecule has 0 aromatic heterocycles. The molecule has 0 radical (unpaired) electrons. The highest BCUT2D eigenvalue weighted by Crippen LogP contribution is 2.40. The van der Waals surface area contributed by atoms with Crippen molar-refractivity contribution in [3.8, 4) is 0 Å². The fraction of sp³-hybridized carbons (Fsp3) is 0.647. The number of benzene rings is 1. The van der Waals surface area contributed by atoms with Gasteiger partial charge in [-0.05, 0) is 43.5 Å². The van der Waals surface area contributed by atoms with Gasteiger partial charge in [-0.1, -0.05) is 20.3 Å². The summed E-state index contributed by atoms with van der Waals surface area (Å²) in [6, 6.07) is -1.28. The lowest BCUT2D eigenvalue weighted by Crippen LogP contribution is -2.41. The molecule has 11 heteroatoms. The summed E-state index contributed by atoms with van der Waals surface area (Å²) in [4.78, 5) is 0. The van der Waals surface area contributed by atoms with E-state index in [1.165, 1.54) is 6.92 Å². The molecule has 28 heavy (non-hydrogen) atoms. The van der Waals surface area contributed by atoms with Crippen LogP contribution in [-0.4, -0.2) is 24.8 Å². The van der Waals surface area contributed by atoms with Gasteiger partial charge in [0.2, 0.25) is 0 Å². The average molecular weight is 432 g/mol. The first-order valence-corrected chi connectivity index (χ1v) is 10.3. The van der Waals surface area contributed by atoms with E-state index >= 15 is 0 Å². The molecule has 1 aliphatic heterocycles. The zero-order valence-corrected chi connectivity index (χ0v) is 16.3. The second kappa shape index (κ2) is 7.83. The van der Waals surface area contributed by atoms with Crippen LogP contribution in [0.4, 0.5) is 26.3 Å². The first kappa shape index (κ1) is 23.0. The normalized spacial score (nSPS) is 24.5. The van der Waals surface area contributed by atoms with Gasteiger partial charge in [0, 0.05) is 12.1 Å². The Kier molecular flexibility index (Phi) is 6.42. The van der Waals surface area contributed by atoms with Gasteiger partial charge in [-0.25, -0.2) is 0 Å². The number of alkyl halides is 6. The van der Waals surface area contributed by atoms with E-state index in [0.29, 0.717) is 31.4 Å². The summed E-state index contributed by atoms with van der Waals surface area (Å²) in [6.07, 6.45) is -8.30. The fourth-order valence-corrected chi connectivity index (χ4v) is 5.55. The predicted octanol–water partition coefficient (Wildman–Crippen LogP) is 4.88. The molecule has 1 N–H and O–H groups in total. The maximum atomic E-state index is 13.1. The maximum absolute atomic E-state index is 13.1. The topological polar surface area (TPSA) is 49.4 Å². The van der Waals surface area contributed by atoms with E-state index in [9.17, 15) is 34.8 Å². The van der Waals surface area contributed by atoms with Crippen molar-refractivity contribution in [3.63, 3.8) is 0 Å². The average Bonchev–Trinajstić information content (AvgIpc) is 2.80. The summed E-state index contributed by atoms with van der Waals surface area (Å²) in [6.45, 7) is 5.12. The quantitative estimate of drug-likeness (QED) is 0.674. The molecular weight excluding hydrogens is 410 g/mol. The van der Waals surface area contributed by atoms with Crippen LogP contribution in [-0.2, 0) is 22.6 Å². The molecule has 0 spiro atoms. The molecule has 1 saturated heterocycles. The van der Waals surface area contributed by atoms with Crippen LogP contribution in [0.1, 0.15) is 62.8 Å². The van der Waals surface area contributed by atoms with Crippen molar-refractivity contribution in [1.29, 1.82) is 0 Å². The number of nitrogens with one attached hydrogen (secondary N) is 1. The summed E-state index contributed by atoms with van der Waals surface area (Å²) >= 11 is 0. The van der Waals surface area contributed by atoms with Crippen LogP contribution < -0.4 is 4.72 Å². The van der Waals surface area contributed by atoms with Crippen molar-refractivity contribution in [1.82, 2.24) is 9.03 Å². The van der Waals surface area contributed by atoms with E-state index in [2.05, 4.69) is 4.72 Å². The third-order valence-electron chi connectivity index (χ3n) is 4.86. The summed E-state index contributed by atoms with van der Waals surface area (Å²) in [5, 5.41) is 0. The number of hydrogen-bond donors (Lipinski definition) is 1. The monoisotopic (exact) mass is 432 g/mol. The third-order valence-corrected chi connectivity index (χ3v) is 6.60. The molecule has 1 aliphatic rings. The molecule has 1 fully saturated rings. The SMILES string of the molecule is CCCC(CC)N1[C@@H](C)[C@H](c2cc(C(F)(F)F)cc(C(F)(F)F)c2)NS1(=O)=O. The predicted molar refractivity (Wildman–Crippen MR) is 91.5 cm³/mol. The van der Waals surface area contributed by atoms with Gasteiger partial charge in [0.1, 0.15) is 0 Å². The highest BCUT2D eigenvalue weighted by Gasteiger charge is 2.47. The summed E-state index contributed by atoms with van der Waals surface area (Å²) < 4.78 is 107. The van der Waals surface area contributed by atoms with E-state index in [-0.39, 0.29) is 11.6 Å². The summed E-state index contributed by atoms with van der Waals surface area (Å²) in [5.74, 6) is 0. The van der Waals surface area contributed by atoms with Gasteiger partial charge in [0.05, 0.1) is 17.2 Å². The number of halogens is 6. The molecular formula is C17H22F6N2O2S. The molecule has 160 valence electrons. The minimum absolute atomic E-state index is 0.0291. The number of rotatable bonds is 5. The Balaban J connectivity index is 2.55. The molecule has 0 saturated carbocycles. The molecule has 1 unspecified atom stereocenters. The van der Waals surface area contributed by atoms with Crippen LogP contribution in [0, 0.1) is 0 Å². The molecule has 4 nitrogen and oxygen atoms in total. The highest BCUT2D eigenvalue weighted by molar-refractivity contribution is 7.87. The van der Waals surface area contributed by atoms with Gasteiger partial charge >= 0.3 is 12.4 Å². The number of nitrogens with zero attached hydrogens (tertiary/aromatic N) is 1. The van der Waals surface area contributed by atoms with E-state index in [0.717, 1.165) is 4.31 Å². The van der Waals surface area contributed by atoms with Gasteiger partial charge in [0.15, 0.2) is 0 Å². The first-order valence-electron chi connectivity index (χ1n) is 8.82. The first-order chi connectivity index (χ1) is 12.7. The largest absolute Gasteiger partial charge is 0.416 e. The van der Waals surface area contributed by atoms with Crippen molar-refractivity contribution in [2.75, 3.05) is 0 Å². The van der Waals surface area contributed by atoms with Crippen LogP contribution in [0.2, 0.25) is 0 Å². The van der Waals surface area contributed by atoms with Gasteiger partial charge in [0.25, 0.3) is 10.2 Å². The van der Waals surface area contributed by atoms with Crippen LogP contribution >= 0.6 is 0 Å². The smallest absolute Gasteiger partial charge is 0.195 e. The fourth-order valence-electron chi connectivity index (χ4n) is 3.56. The minimum Gasteiger partial charge on any atom is -0.195 e. The minimum atomic E-state index is -5.00. The standard InChI is InChI=1S/C17H22F6N2O2S/c1-4-6-14(5-2)25-10(3)15(24-28(25,26)27)11-7-12(16(18,19)20)9-13(8-11)17(21,22)23/h7-10,14-15,24H,4-6H2,1-3H3/t10-,14?,15+/m0/s1. The highest BCUT2D eigenvalue weighted by atomic mass is 32.2. The van der Waals surface area contributed by atoms with Gasteiger partial charge in [-0.2, -0.15) is 43.8 Å². The Bertz CT molecular complexity index is 775. The van der Waals surface area contributed by atoms with Gasteiger partial charge < -0.3 is 0 Å². The zero-order chi connectivity index (χ0) is 21.5. The van der Waals surface area contributed by atoms with E-state index in [4.69, 9.17) is 0 Å². The van der Waals surface area contributed by atoms with Crippen molar-refractivity contribution >= 4 is 10.2 Å². The number of hydrogen-bond acceptors (Lipinski definition) is 2. The van der Waals surface area contributed by atoms with Crippen LogP contribution in [0.5, 0.6) is 0 Å². The van der Waals surface area contributed by atoms with Gasteiger partial charge in [-0.15, -0.1) is 0 Å². The van der Waals surface area contributed by atoms with Crippen molar-refractivity contribution in [3.05, 3.63) is 34.9 Å². The molecule has 1 aromatic carbocycles.